The highest BCUT2D eigenvalue weighted by Crippen LogP contribution is 2.28. The van der Waals surface area contributed by atoms with Crippen molar-refractivity contribution in [3.8, 4) is 0 Å². The molecule has 2 heterocycles. The summed E-state index contributed by atoms with van der Waals surface area (Å²) in [5.74, 6) is -0.195. The third kappa shape index (κ3) is 4.99. The third-order valence-corrected chi connectivity index (χ3v) is 4.17. The van der Waals surface area contributed by atoms with Crippen LogP contribution >= 0.6 is 11.6 Å². The summed E-state index contributed by atoms with van der Waals surface area (Å²) in [6, 6.07) is 11.9. The van der Waals surface area contributed by atoms with Gasteiger partial charge in [0.05, 0.1) is 34.1 Å². The number of halogens is 1. The Morgan fingerprint density at radius 1 is 1.03 bits per heavy atom. The maximum Gasteiger partial charge on any atom is 0.339 e. The summed E-state index contributed by atoms with van der Waals surface area (Å²) in [5.41, 5.74) is 7.06. The van der Waals surface area contributed by atoms with E-state index in [1.165, 1.54) is 12.4 Å². The van der Waals surface area contributed by atoms with E-state index < -0.39 is 11.9 Å². The summed E-state index contributed by atoms with van der Waals surface area (Å²) in [6.07, 6.45) is 2.76. The average molecular weight is 412 g/mol. The molecular weight excluding hydrogens is 394 g/mol. The Balaban J connectivity index is 1.84. The molecule has 9 heteroatoms. The van der Waals surface area contributed by atoms with E-state index in [4.69, 9.17) is 22.1 Å². The maximum atomic E-state index is 11.8. The number of pyridine rings is 2. The molecule has 0 saturated heterocycles. The van der Waals surface area contributed by atoms with E-state index >= 15 is 0 Å². The Morgan fingerprint density at radius 2 is 1.79 bits per heavy atom. The van der Waals surface area contributed by atoms with Gasteiger partial charge in [-0.2, -0.15) is 0 Å². The standard InChI is InChI=1S/C20H18ClN5O3/c1-2-29-20(28)12-7-8-17(23-10-12)26-18-9-16(13(11-24-18)19(22)27)25-15-6-4-3-5-14(15)21/h3-11H,2H2,1H3,(H2,22,27)(H2,23,24,25,26). The lowest BCUT2D eigenvalue weighted by molar-refractivity contribution is 0.0526. The Labute approximate surface area is 172 Å². The second-order valence-corrected chi connectivity index (χ2v) is 6.27. The number of benzene rings is 1. The molecule has 2 aromatic heterocycles. The van der Waals surface area contributed by atoms with Crippen LogP contribution in [-0.2, 0) is 4.74 Å². The number of esters is 1. The van der Waals surface area contributed by atoms with E-state index in [0.717, 1.165) is 0 Å². The minimum Gasteiger partial charge on any atom is -0.462 e. The number of hydrogen-bond acceptors (Lipinski definition) is 7. The summed E-state index contributed by atoms with van der Waals surface area (Å²) in [7, 11) is 0. The zero-order chi connectivity index (χ0) is 20.8. The number of nitrogens with one attached hydrogen (secondary N) is 2. The number of carbonyl (C=O) groups is 2. The monoisotopic (exact) mass is 411 g/mol. The molecule has 0 saturated carbocycles. The van der Waals surface area contributed by atoms with E-state index in [9.17, 15) is 9.59 Å². The van der Waals surface area contributed by atoms with Gasteiger partial charge in [0.15, 0.2) is 0 Å². The van der Waals surface area contributed by atoms with Crippen LogP contribution in [0.1, 0.15) is 27.6 Å². The molecule has 1 amide bonds. The summed E-state index contributed by atoms with van der Waals surface area (Å²) < 4.78 is 4.93. The number of hydrogen-bond donors (Lipinski definition) is 3. The number of para-hydroxylation sites is 1. The fraction of sp³-hybridized carbons (Fsp3) is 0.100. The zero-order valence-electron chi connectivity index (χ0n) is 15.5. The molecule has 0 spiro atoms. The van der Waals surface area contributed by atoms with Gasteiger partial charge in [0, 0.05) is 18.5 Å². The van der Waals surface area contributed by atoms with Crippen molar-refractivity contribution >= 4 is 46.5 Å². The number of rotatable bonds is 7. The lowest BCUT2D eigenvalue weighted by atomic mass is 10.2. The molecule has 0 atom stereocenters. The Hall–Kier alpha value is -3.65. The molecule has 0 fully saturated rings. The van der Waals surface area contributed by atoms with Crippen molar-refractivity contribution in [2.75, 3.05) is 17.2 Å². The number of anilines is 4. The Kier molecular flexibility index (Phi) is 6.25. The van der Waals surface area contributed by atoms with Crippen LogP contribution in [0.3, 0.4) is 0 Å². The molecule has 8 nitrogen and oxygen atoms in total. The lowest BCUT2D eigenvalue weighted by Crippen LogP contribution is -2.14. The summed E-state index contributed by atoms with van der Waals surface area (Å²) in [4.78, 5) is 31.8. The predicted octanol–water partition coefficient (Wildman–Crippen LogP) is 3.89. The van der Waals surface area contributed by atoms with Crippen molar-refractivity contribution in [3.05, 3.63) is 71.0 Å². The van der Waals surface area contributed by atoms with Crippen molar-refractivity contribution in [1.82, 2.24) is 9.97 Å². The highest BCUT2D eigenvalue weighted by Gasteiger charge is 2.13. The average Bonchev–Trinajstić information content (AvgIpc) is 2.70. The molecular formula is C20H18ClN5O3. The van der Waals surface area contributed by atoms with Crippen molar-refractivity contribution in [1.29, 1.82) is 0 Å². The smallest absolute Gasteiger partial charge is 0.339 e. The summed E-state index contributed by atoms with van der Waals surface area (Å²) >= 11 is 6.18. The van der Waals surface area contributed by atoms with Crippen LogP contribution in [0.2, 0.25) is 5.02 Å². The zero-order valence-corrected chi connectivity index (χ0v) is 16.2. The van der Waals surface area contributed by atoms with Gasteiger partial charge in [-0.1, -0.05) is 23.7 Å². The fourth-order valence-corrected chi connectivity index (χ4v) is 2.65. The van der Waals surface area contributed by atoms with Crippen LogP contribution in [0.25, 0.3) is 0 Å². The predicted molar refractivity (Wildman–Crippen MR) is 111 cm³/mol. The van der Waals surface area contributed by atoms with Gasteiger partial charge in [-0.15, -0.1) is 0 Å². The van der Waals surface area contributed by atoms with Gasteiger partial charge in [-0.25, -0.2) is 14.8 Å². The number of ether oxygens (including phenoxy) is 1. The topological polar surface area (TPSA) is 119 Å². The fourth-order valence-electron chi connectivity index (χ4n) is 2.47. The van der Waals surface area contributed by atoms with Crippen LogP contribution in [0.15, 0.2) is 54.9 Å². The molecule has 3 aromatic rings. The van der Waals surface area contributed by atoms with Crippen molar-refractivity contribution in [3.63, 3.8) is 0 Å². The normalized spacial score (nSPS) is 10.3. The number of primary amides is 1. The van der Waals surface area contributed by atoms with Crippen LogP contribution in [0.5, 0.6) is 0 Å². The third-order valence-electron chi connectivity index (χ3n) is 3.84. The van der Waals surface area contributed by atoms with Gasteiger partial charge in [0.1, 0.15) is 11.6 Å². The van der Waals surface area contributed by atoms with E-state index in [0.29, 0.717) is 33.6 Å². The SMILES string of the molecule is CCOC(=O)c1ccc(Nc2cc(Nc3ccccc3Cl)c(C(N)=O)cn2)nc1. The number of aromatic nitrogens is 2. The molecule has 4 N–H and O–H groups in total. The number of carbonyl (C=O) groups excluding carboxylic acids is 2. The molecule has 148 valence electrons. The first-order valence-corrected chi connectivity index (χ1v) is 9.07. The summed E-state index contributed by atoms with van der Waals surface area (Å²) in [5, 5.41) is 6.59. The van der Waals surface area contributed by atoms with Gasteiger partial charge in [0.2, 0.25) is 0 Å². The number of nitrogens with zero attached hydrogens (tertiary/aromatic N) is 2. The van der Waals surface area contributed by atoms with Gasteiger partial charge < -0.3 is 21.1 Å². The van der Waals surface area contributed by atoms with E-state index in [2.05, 4.69) is 20.6 Å². The maximum absolute atomic E-state index is 11.8. The van der Waals surface area contributed by atoms with Crippen molar-refractivity contribution in [2.45, 2.75) is 6.92 Å². The second-order valence-electron chi connectivity index (χ2n) is 5.86. The van der Waals surface area contributed by atoms with Crippen LogP contribution in [-0.4, -0.2) is 28.5 Å². The molecule has 0 aliphatic heterocycles. The Bertz CT molecular complexity index is 1040. The minimum atomic E-state index is -0.629. The molecule has 0 unspecified atom stereocenters. The van der Waals surface area contributed by atoms with E-state index in [-0.39, 0.29) is 12.2 Å². The van der Waals surface area contributed by atoms with Crippen LogP contribution in [0, 0.1) is 0 Å². The molecule has 0 aliphatic rings. The molecule has 3 rings (SSSR count). The molecule has 29 heavy (non-hydrogen) atoms. The highest BCUT2D eigenvalue weighted by molar-refractivity contribution is 6.33. The molecule has 0 aliphatic carbocycles. The number of nitrogens with two attached hydrogens (primary N) is 1. The van der Waals surface area contributed by atoms with Crippen molar-refractivity contribution in [2.24, 2.45) is 5.73 Å². The molecule has 0 bridgehead atoms. The first-order valence-electron chi connectivity index (χ1n) is 8.69. The number of amides is 1. The first-order chi connectivity index (χ1) is 14.0. The van der Waals surface area contributed by atoms with Crippen LogP contribution in [0.4, 0.5) is 23.0 Å². The van der Waals surface area contributed by atoms with Gasteiger partial charge >= 0.3 is 5.97 Å². The lowest BCUT2D eigenvalue weighted by Gasteiger charge is -2.13. The summed E-state index contributed by atoms with van der Waals surface area (Å²) in [6.45, 7) is 2.02. The minimum absolute atomic E-state index is 0.209. The largest absolute Gasteiger partial charge is 0.462 e. The van der Waals surface area contributed by atoms with Crippen molar-refractivity contribution < 1.29 is 14.3 Å². The van der Waals surface area contributed by atoms with Crippen LogP contribution < -0.4 is 16.4 Å². The quantitative estimate of drug-likeness (QED) is 0.504. The molecule has 1 aromatic carbocycles. The Morgan fingerprint density at radius 3 is 2.45 bits per heavy atom. The highest BCUT2D eigenvalue weighted by atomic mass is 35.5. The van der Waals surface area contributed by atoms with E-state index in [1.807, 2.05) is 6.07 Å². The van der Waals surface area contributed by atoms with Gasteiger partial charge in [-0.05, 0) is 31.2 Å². The van der Waals surface area contributed by atoms with E-state index in [1.54, 1.807) is 43.3 Å². The van der Waals surface area contributed by atoms with Gasteiger partial charge in [0.25, 0.3) is 5.91 Å². The first kappa shape index (κ1) is 20.1. The molecule has 0 radical (unpaired) electrons. The van der Waals surface area contributed by atoms with Gasteiger partial charge in [-0.3, -0.25) is 4.79 Å². The second kappa shape index (κ2) is 9.03.